The van der Waals surface area contributed by atoms with Gasteiger partial charge in [-0.1, -0.05) is 24.8 Å². The van der Waals surface area contributed by atoms with Crippen LogP contribution in [0.4, 0.5) is 16.0 Å². The number of anilines is 2. The summed E-state index contributed by atoms with van der Waals surface area (Å²) in [6.07, 6.45) is 2.82. The summed E-state index contributed by atoms with van der Waals surface area (Å²) in [7, 11) is 5.16. The second-order valence-electron chi connectivity index (χ2n) is 9.42. The molecule has 0 saturated carbocycles. The summed E-state index contributed by atoms with van der Waals surface area (Å²) in [6.45, 7) is 7.26. The Bertz CT molecular complexity index is 1530. The van der Waals surface area contributed by atoms with Crippen molar-refractivity contribution in [3.63, 3.8) is 0 Å². The van der Waals surface area contributed by atoms with Gasteiger partial charge in [-0.05, 0) is 36.3 Å². The summed E-state index contributed by atoms with van der Waals surface area (Å²) >= 11 is 0. The zero-order valence-corrected chi connectivity index (χ0v) is 21.2. The summed E-state index contributed by atoms with van der Waals surface area (Å²) in [5.41, 5.74) is -2.88. The Balaban J connectivity index is 1.88. The molecule has 5 rings (SSSR count). The van der Waals surface area contributed by atoms with Gasteiger partial charge in [-0.3, -0.25) is 19.9 Å². The van der Waals surface area contributed by atoms with Crippen LogP contribution >= 0.6 is 0 Å². The second-order valence-corrected chi connectivity index (χ2v) is 9.42. The molecule has 1 amide bonds. The van der Waals surface area contributed by atoms with Crippen LogP contribution in [0.1, 0.15) is 34.7 Å². The fraction of sp³-hybridized carbons (Fsp3) is 0.250. The van der Waals surface area contributed by atoms with E-state index < -0.39 is 34.4 Å². The number of amides is 1. The first-order valence-corrected chi connectivity index (χ1v) is 11.9. The van der Waals surface area contributed by atoms with E-state index in [1.807, 2.05) is 31.1 Å². The minimum absolute atomic E-state index is 0.0537. The highest BCUT2D eigenvalue weighted by Gasteiger charge is 2.72. The van der Waals surface area contributed by atoms with Gasteiger partial charge in [-0.2, -0.15) is 0 Å². The number of aliphatic hydroxyl groups is 1. The molecule has 3 N–H and O–H groups in total. The number of allylic oxidation sites excluding steroid dienone is 1. The van der Waals surface area contributed by atoms with Crippen molar-refractivity contribution in [2.75, 3.05) is 31.4 Å². The van der Waals surface area contributed by atoms with Crippen molar-refractivity contribution in [2.24, 2.45) is 0 Å². The number of benzene rings is 2. The molecular weight excluding hydrogens is 491 g/mol. The Hall–Kier alpha value is -4.44. The molecule has 0 radical (unpaired) electrons. The van der Waals surface area contributed by atoms with E-state index in [0.29, 0.717) is 5.56 Å². The maximum Gasteiger partial charge on any atom is 0.256 e. The third kappa shape index (κ3) is 3.30. The molecule has 0 fully saturated rings. The monoisotopic (exact) mass is 518 g/mol. The number of nitrogens with one attached hydrogen (secondary N) is 2. The van der Waals surface area contributed by atoms with E-state index in [0.717, 1.165) is 17.8 Å². The van der Waals surface area contributed by atoms with Gasteiger partial charge in [0, 0.05) is 37.3 Å². The number of fused-ring (bicyclic) bond motifs is 5. The van der Waals surface area contributed by atoms with E-state index in [4.69, 9.17) is 9.47 Å². The van der Waals surface area contributed by atoms with E-state index in [2.05, 4.69) is 28.4 Å². The van der Waals surface area contributed by atoms with Gasteiger partial charge in [-0.25, -0.2) is 9.37 Å². The van der Waals surface area contributed by atoms with E-state index in [1.54, 1.807) is 18.2 Å². The quantitative estimate of drug-likeness (QED) is 0.325. The van der Waals surface area contributed by atoms with Crippen LogP contribution in [0, 0.1) is 5.82 Å². The smallest absolute Gasteiger partial charge is 0.256 e. The molecule has 0 bridgehead atoms. The van der Waals surface area contributed by atoms with Gasteiger partial charge in [0.05, 0.1) is 18.4 Å². The lowest BCUT2D eigenvalue weighted by atomic mass is 9.71. The molecule has 2 aliphatic rings. The van der Waals surface area contributed by atoms with Crippen LogP contribution < -0.4 is 25.2 Å². The second kappa shape index (κ2) is 8.84. The number of aromatic nitrogens is 2. The SMILES string of the molecule is C=CC[C@@H]1c2c(nc(NC(=O)C=C)[nH]c2=O)[C@@]2(O)c3cc(OC)cc(F)c3O[C@@]12c1ccc(N(C)C)cc1. The number of carbonyl (C=O) groups excluding carboxylic acids is 1. The first-order valence-electron chi connectivity index (χ1n) is 11.9. The molecule has 1 aliphatic carbocycles. The van der Waals surface area contributed by atoms with Gasteiger partial charge >= 0.3 is 0 Å². The number of hydrogen-bond donors (Lipinski definition) is 3. The van der Waals surface area contributed by atoms with Crippen LogP contribution in [0.5, 0.6) is 11.5 Å². The van der Waals surface area contributed by atoms with Crippen LogP contribution in [0.2, 0.25) is 0 Å². The molecule has 1 aliphatic heterocycles. The number of halogens is 1. The third-order valence-electron chi connectivity index (χ3n) is 7.22. The zero-order valence-electron chi connectivity index (χ0n) is 21.2. The molecule has 2 aromatic carbocycles. The number of H-pyrrole nitrogens is 1. The average molecular weight is 519 g/mol. The number of methoxy groups -OCH3 is 1. The molecule has 2 heterocycles. The molecule has 0 spiro atoms. The summed E-state index contributed by atoms with van der Waals surface area (Å²) in [5.74, 6) is -2.39. The highest BCUT2D eigenvalue weighted by Crippen LogP contribution is 2.67. The van der Waals surface area contributed by atoms with E-state index >= 15 is 4.39 Å². The standard InChI is InChI=1S/C28H27FN4O5/c1-6-8-18-22-24(31-26(32-25(22)35)30-21(34)7-2)27(36)19-13-17(37-5)14-20(29)23(19)38-28(18,27)15-9-11-16(12-10-15)33(3)4/h6-7,9-14,18,36H,1-2,8H2,3-5H3,(H2,30,31,32,34,35)/t18-,27+,28+/m1/s1. The minimum atomic E-state index is -2.14. The third-order valence-corrected chi connectivity index (χ3v) is 7.22. The van der Waals surface area contributed by atoms with Crippen molar-refractivity contribution in [2.45, 2.75) is 23.5 Å². The summed E-state index contributed by atoms with van der Waals surface area (Å²) < 4.78 is 27.2. The van der Waals surface area contributed by atoms with Gasteiger partial charge in [0.25, 0.3) is 5.56 Å². The van der Waals surface area contributed by atoms with Crippen molar-refractivity contribution >= 4 is 17.5 Å². The fourth-order valence-corrected chi connectivity index (χ4v) is 5.56. The van der Waals surface area contributed by atoms with Gasteiger partial charge < -0.3 is 19.5 Å². The lowest BCUT2D eigenvalue weighted by Gasteiger charge is -2.39. The number of nitrogens with zero attached hydrogens (tertiary/aromatic N) is 2. The fourth-order valence-electron chi connectivity index (χ4n) is 5.56. The first-order chi connectivity index (χ1) is 18.1. The van der Waals surface area contributed by atoms with Crippen LogP contribution in [0.15, 0.2) is 66.5 Å². The summed E-state index contributed by atoms with van der Waals surface area (Å²) in [5, 5.41) is 15.2. The number of hydrogen-bond acceptors (Lipinski definition) is 7. The predicted octanol–water partition coefficient (Wildman–Crippen LogP) is 3.31. The maximum absolute atomic E-state index is 15.4. The number of rotatable bonds is 7. The predicted molar refractivity (Wildman–Crippen MR) is 140 cm³/mol. The molecule has 0 unspecified atom stereocenters. The van der Waals surface area contributed by atoms with Crippen LogP contribution in [0.3, 0.4) is 0 Å². The molecule has 10 heteroatoms. The van der Waals surface area contributed by atoms with E-state index in [-0.39, 0.29) is 40.7 Å². The van der Waals surface area contributed by atoms with Crippen LogP contribution in [-0.4, -0.2) is 42.2 Å². The molecule has 0 saturated heterocycles. The van der Waals surface area contributed by atoms with Gasteiger partial charge in [-0.15, -0.1) is 6.58 Å². The van der Waals surface area contributed by atoms with Crippen molar-refractivity contribution in [1.29, 1.82) is 0 Å². The lowest BCUT2D eigenvalue weighted by molar-refractivity contribution is -0.112. The average Bonchev–Trinajstić information content (AvgIpc) is 3.29. The normalized spacial score (nSPS) is 22.5. The Kier molecular flexibility index (Phi) is 5.87. The Morgan fingerprint density at radius 1 is 1.32 bits per heavy atom. The Morgan fingerprint density at radius 2 is 2.03 bits per heavy atom. The molecule has 3 aromatic rings. The first kappa shape index (κ1) is 25.2. The highest BCUT2D eigenvalue weighted by molar-refractivity contribution is 5.97. The van der Waals surface area contributed by atoms with Gasteiger partial charge in [0.1, 0.15) is 5.75 Å². The largest absolute Gasteiger partial charge is 0.497 e. The number of ether oxygens (including phenoxy) is 2. The number of aromatic amines is 1. The highest BCUT2D eigenvalue weighted by atomic mass is 19.1. The van der Waals surface area contributed by atoms with Crippen molar-refractivity contribution in [3.05, 3.63) is 100 Å². The topological polar surface area (TPSA) is 117 Å². The van der Waals surface area contributed by atoms with Crippen LogP contribution in [0.25, 0.3) is 0 Å². The molecule has 9 nitrogen and oxygen atoms in total. The molecule has 1 aromatic heterocycles. The van der Waals surface area contributed by atoms with E-state index in [9.17, 15) is 14.7 Å². The molecule has 38 heavy (non-hydrogen) atoms. The van der Waals surface area contributed by atoms with Crippen molar-refractivity contribution < 1.29 is 23.8 Å². The molecule has 196 valence electrons. The Labute approximate surface area is 218 Å². The van der Waals surface area contributed by atoms with E-state index in [1.165, 1.54) is 13.2 Å². The zero-order chi connectivity index (χ0) is 27.4. The summed E-state index contributed by atoms with van der Waals surface area (Å²) in [4.78, 5) is 34.5. The maximum atomic E-state index is 15.4. The van der Waals surface area contributed by atoms with Gasteiger partial charge in [0.15, 0.2) is 22.8 Å². The van der Waals surface area contributed by atoms with Crippen molar-refractivity contribution in [1.82, 2.24) is 9.97 Å². The van der Waals surface area contributed by atoms with Crippen LogP contribution in [-0.2, 0) is 16.0 Å². The Morgan fingerprint density at radius 3 is 2.63 bits per heavy atom. The lowest BCUT2D eigenvalue weighted by Crippen LogP contribution is -2.49. The summed E-state index contributed by atoms with van der Waals surface area (Å²) in [6, 6.07) is 9.87. The minimum Gasteiger partial charge on any atom is -0.497 e. The van der Waals surface area contributed by atoms with Gasteiger partial charge in [0.2, 0.25) is 11.9 Å². The molecular formula is C28H27FN4O5. The van der Waals surface area contributed by atoms with Crippen molar-refractivity contribution in [3.8, 4) is 11.5 Å². The molecule has 3 atom stereocenters. The number of carbonyl (C=O) groups is 1.